The van der Waals surface area contributed by atoms with E-state index in [0.29, 0.717) is 5.69 Å². The first-order chi connectivity index (χ1) is 16.5. The van der Waals surface area contributed by atoms with Crippen molar-refractivity contribution in [2.45, 2.75) is 43.7 Å². The highest BCUT2D eigenvalue weighted by atomic mass is 19.1. The summed E-state index contributed by atoms with van der Waals surface area (Å²) in [7, 11) is 0. The van der Waals surface area contributed by atoms with Gasteiger partial charge in [0, 0.05) is 24.8 Å². The molecule has 0 spiro atoms. The van der Waals surface area contributed by atoms with Crippen LogP contribution in [0.1, 0.15) is 19.3 Å². The van der Waals surface area contributed by atoms with E-state index in [4.69, 9.17) is 14.2 Å². The van der Waals surface area contributed by atoms with E-state index < -0.39 is 53.1 Å². The van der Waals surface area contributed by atoms with Gasteiger partial charge >= 0.3 is 0 Å². The van der Waals surface area contributed by atoms with Gasteiger partial charge in [-0.25, -0.2) is 18.2 Å². The molecule has 3 aliphatic rings. The molecular formula is C23H23F3N4O4. The molecule has 1 aromatic carbocycles. The predicted octanol–water partition coefficient (Wildman–Crippen LogP) is 2.94. The quantitative estimate of drug-likeness (QED) is 0.598. The third-order valence-corrected chi connectivity index (χ3v) is 6.63. The fraction of sp³-hybridized carbons (Fsp3) is 0.478. The van der Waals surface area contributed by atoms with Crippen LogP contribution in [-0.4, -0.2) is 70.8 Å². The predicted molar refractivity (Wildman–Crippen MR) is 115 cm³/mol. The first-order valence-electron chi connectivity index (χ1n) is 11.4. The molecule has 11 heteroatoms. The number of halogens is 3. The molecule has 2 unspecified atom stereocenters. The van der Waals surface area contributed by atoms with Crippen LogP contribution in [0.3, 0.4) is 0 Å². The summed E-state index contributed by atoms with van der Waals surface area (Å²) in [5.41, 5.74) is -0.298. The monoisotopic (exact) mass is 476 g/mol. The van der Waals surface area contributed by atoms with Gasteiger partial charge in [-0.3, -0.25) is 0 Å². The van der Waals surface area contributed by atoms with Crippen molar-refractivity contribution in [2.24, 2.45) is 0 Å². The number of nitrogens with one attached hydrogen (secondary N) is 1. The Labute approximate surface area is 192 Å². The average molecular weight is 476 g/mol. The minimum Gasteiger partial charge on any atom is -0.456 e. The zero-order chi connectivity index (χ0) is 23.4. The van der Waals surface area contributed by atoms with Crippen LogP contribution in [0.15, 0.2) is 18.2 Å². The van der Waals surface area contributed by atoms with Crippen molar-refractivity contribution in [3.63, 3.8) is 0 Å². The second-order valence-electron chi connectivity index (χ2n) is 8.88. The molecular weight excluding hydrogens is 453 g/mol. The number of hydrogen-bond donors (Lipinski definition) is 2. The molecule has 6 rings (SSSR count). The van der Waals surface area contributed by atoms with Crippen molar-refractivity contribution in [2.75, 3.05) is 31.2 Å². The molecule has 0 bridgehead atoms. The number of aliphatic hydroxyl groups excluding tert-OH is 1. The standard InChI is InChI=1S/C23H23F3N4O4/c24-12-6-11(30-4-2-1-3-5-30)7-13(25)18(12)19-14(26)8-15-22(28-19)29-23(27-15)34-17-10-33-20-16(31)9-32-21(17)20/h6-8,16-17,20-21,31H,1-5,9-10H2,(H,27,28,29)/t16-,17-,20?,21?/m1/s1. The van der Waals surface area contributed by atoms with E-state index in [1.807, 2.05) is 4.90 Å². The molecule has 3 aliphatic heterocycles. The number of imidazole rings is 1. The van der Waals surface area contributed by atoms with Gasteiger partial charge in [0.05, 0.1) is 24.3 Å². The number of aliphatic hydroxyl groups is 1. The molecule has 0 amide bonds. The van der Waals surface area contributed by atoms with Crippen LogP contribution in [0.2, 0.25) is 0 Å². The first kappa shape index (κ1) is 21.6. The molecule has 0 aliphatic carbocycles. The van der Waals surface area contributed by atoms with Crippen molar-refractivity contribution in [1.29, 1.82) is 0 Å². The lowest BCUT2D eigenvalue weighted by Crippen LogP contribution is -2.34. The summed E-state index contributed by atoms with van der Waals surface area (Å²) < 4.78 is 61.7. The molecule has 180 valence electrons. The molecule has 5 heterocycles. The number of nitrogens with zero attached hydrogens (tertiary/aromatic N) is 3. The molecule has 2 N–H and O–H groups in total. The van der Waals surface area contributed by atoms with Crippen LogP contribution < -0.4 is 9.64 Å². The maximum atomic E-state index is 15.0. The van der Waals surface area contributed by atoms with Gasteiger partial charge in [-0.2, -0.15) is 4.98 Å². The summed E-state index contributed by atoms with van der Waals surface area (Å²) in [5, 5.41) is 9.86. The minimum absolute atomic E-state index is 0.0414. The third-order valence-electron chi connectivity index (χ3n) is 6.63. The van der Waals surface area contributed by atoms with E-state index >= 15 is 0 Å². The first-order valence-corrected chi connectivity index (χ1v) is 11.4. The number of ether oxygens (including phenoxy) is 3. The molecule has 3 saturated heterocycles. The van der Waals surface area contributed by atoms with E-state index in [1.165, 1.54) is 12.1 Å². The van der Waals surface area contributed by atoms with Gasteiger partial charge in [-0.05, 0) is 31.4 Å². The Bertz CT molecular complexity index is 1210. The van der Waals surface area contributed by atoms with Crippen molar-refractivity contribution >= 4 is 16.9 Å². The normalized spacial score (nSPS) is 26.9. The minimum atomic E-state index is -0.891. The number of anilines is 1. The van der Waals surface area contributed by atoms with Crippen molar-refractivity contribution in [3.8, 4) is 17.3 Å². The van der Waals surface area contributed by atoms with Gasteiger partial charge in [-0.15, -0.1) is 0 Å². The van der Waals surface area contributed by atoms with E-state index in [2.05, 4.69) is 15.0 Å². The lowest BCUT2D eigenvalue weighted by molar-refractivity contribution is 0.00706. The van der Waals surface area contributed by atoms with Crippen LogP contribution in [0.25, 0.3) is 22.4 Å². The van der Waals surface area contributed by atoms with E-state index in [1.54, 1.807) is 0 Å². The van der Waals surface area contributed by atoms with Gasteiger partial charge in [-0.1, -0.05) is 0 Å². The lowest BCUT2D eigenvalue weighted by Gasteiger charge is -2.29. The Hall–Kier alpha value is -2.89. The Kier molecular flexibility index (Phi) is 5.34. The number of fused-ring (bicyclic) bond motifs is 2. The highest BCUT2D eigenvalue weighted by Crippen LogP contribution is 2.34. The van der Waals surface area contributed by atoms with Crippen LogP contribution >= 0.6 is 0 Å². The summed E-state index contributed by atoms with van der Waals surface area (Å²) in [6.07, 6.45) is 0.836. The molecule has 34 heavy (non-hydrogen) atoms. The topological polar surface area (TPSA) is 92.7 Å². The Balaban J connectivity index is 1.29. The molecule has 0 radical (unpaired) electrons. The van der Waals surface area contributed by atoms with Crippen molar-refractivity contribution in [1.82, 2.24) is 15.0 Å². The van der Waals surface area contributed by atoms with Crippen LogP contribution in [0.4, 0.5) is 18.9 Å². The number of benzene rings is 1. The van der Waals surface area contributed by atoms with E-state index in [0.717, 1.165) is 38.4 Å². The SMILES string of the molecule is O[C@@H]1COC2C1OC[C@H]2Oc1nc2nc(-c3c(F)cc(N4CCCCC4)cc3F)c(F)cc2[nH]1. The maximum absolute atomic E-state index is 15.0. The zero-order valence-corrected chi connectivity index (χ0v) is 18.1. The summed E-state index contributed by atoms with van der Waals surface area (Å²) in [5.74, 6) is -2.66. The Morgan fingerprint density at radius 1 is 0.941 bits per heavy atom. The number of aromatic amines is 1. The second kappa shape index (κ2) is 8.40. The third kappa shape index (κ3) is 3.68. The number of pyridine rings is 1. The highest BCUT2D eigenvalue weighted by Gasteiger charge is 2.48. The van der Waals surface area contributed by atoms with Gasteiger partial charge < -0.3 is 29.2 Å². The molecule has 3 fully saturated rings. The number of H-pyrrole nitrogens is 1. The van der Waals surface area contributed by atoms with Gasteiger partial charge in [0.2, 0.25) is 0 Å². The molecule has 0 saturated carbocycles. The Morgan fingerprint density at radius 3 is 2.44 bits per heavy atom. The second-order valence-corrected chi connectivity index (χ2v) is 8.88. The fourth-order valence-electron chi connectivity index (χ4n) is 4.94. The maximum Gasteiger partial charge on any atom is 0.296 e. The summed E-state index contributed by atoms with van der Waals surface area (Å²) in [4.78, 5) is 13.0. The number of rotatable bonds is 4. The smallest absolute Gasteiger partial charge is 0.296 e. The summed E-state index contributed by atoms with van der Waals surface area (Å²) >= 11 is 0. The van der Waals surface area contributed by atoms with Crippen molar-refractivity contribution in [3.05, 3.63) is 35.7 Å². The zero-order valence-electron chi connectivity index (χ0n) is 18.1. The number of hydrogen-bond acceptors (Lipinski definition) is 7. The fourth-order valence-corrected chi connectivity index (χ4v) is 4.94. The summed E-state index contributed by atoms with van der Waals surface area (Å²) in [6, 6.07) is 3.57. The Morgan fingerprint density at radius 2 is 1.68 bits per heavy atom. The van der Waals surface area contributed by atoms with Crippen molar-refractivity contribution < 1.29 is 32.5 Å². The van der Waals surface area contributed by atoms with E-state index in [9.17, 15) is 18.3 Å². The largest absolute Gasteiger partial charge is 0.456 e. The lowest BCUT2D eigenvalue weighted by atomic mass is 10.1. The molecule has 8 nitrogen and oxygen atoms in total. The highest BCUT2D eigenvalue weighted by molar-refractivity contribution is 5.77. The van der Waals surface area contributed by atoms with Crippen LogP contribution in [0, 0.1) is 17.5 Å². The summed E-state index contributed by atoms with van der Waals surface area (Å²) in [6.45, 7) is 1.80. The number of piperidine rings is 1. The molecule has 4 atom stereocenters. The number of aromatic nitrogens is 3. The van der Waals surface area contributed by atoms with E-state index in [-0.39, 0.29) is 30.4 Å². The van der Waals surface area contributed by atoms with Gasteiger partial charge in [0.1, 0.15) is 35.6 Å². The van der Waals surface area contributed by atoms with Crippen LogP contribution in [-0.2, 0) is 9.47 Å². The van der Waals surface area contributed by atoms with Gasteiger partial charge in [0.15, 0.2) is 17.6 Å². The molecule has 3 aromatic rings. The molecule has 2 aromatic heterocycles. The average Bonchev–Trinajstić information content (AvgIpc) is 3.51. The van der Waals surface area contributed by atoms with Gasteiger partial charge in [0.25, 0.3) is 6.01 Å². The van der Waals surface area contributed by atoms with Crippen LogP contribution in [0.5, 0.6) is 6.01 Å².